The predicted octanol–water partition coefficient (Wildman–Crippen LogP) is 5.05. The van der Waals surface area contributed by atoms with E-state index in [1.54, 1.807) is 17.0 Å². The number of likely N-dealkylation sites (N-methyl/N-ethyl adjacent to an activating group) is 1. The van der Waals surface area contributed by atoms with Gasteiger partial charge >= 0.3 is 0 Å². The van der Waals surface area contributed by atoms with E-state index in [1.165, 1.54) is 23.9 Å². The van der Waals surface area contributed by atoms with E-state index >= 15 is 0 Å². The third kappa shape index (κ3) is 3.42. The van der Waals surface area contributed by atoms with Crippen molar-refractivity contribution in [2.45, 2.75) is 13.5 Å². The van der Waals surface area contributed by atoms with E-state index in [0.717, 1.165) is 22.0 Å². The average molecular weight is 397 g/mol. The fourth-order valence-corrected chi connectivity index (χ4v) is 4.60. The summed E-state index contributed by atoms with van der Waals surface area (Å²) in [7, 11) is 0. The number of para-hydroxylation sites is 1. The van der Waals surface area contributed by atoms with Crippen LogP contribution in [0.1, 0.15) is 18.1 Å². The molecule has 0 bridgehead atoms. The summed E-state index contributed by atoms with van der Waals surface area (Å²) in [5, 5.41) is 1.07. The molecule has 0 N–H and O–H groups in total. The summed E-state index contributed by atoms with van der Waals surface area (Å²) in [6.07, 6.45) is 3.95. The molecule has 136 valence electrons. The first kappa shape index (κ1) is 17.9. The molecule has 1 amide bonds. The van der Waals surface area contributed by atoms with Crippen molar-refractivity contribution in [1.82, 2.24) is 9.47 Å². The van der Waals surface area contributed by atoms with Crippen molar-refractivity contribution < 1.29 is 9.18 Å². The van der Waals surface area contributed by atoms with Gasteiger partial charge in [0.1, 0.15) is 10.1 Å². The van der Waals surface area contributed by atoms with Crippen molar-refractivity contribution in [3.8, 4) is 0 Å². The molecule has 0 saturated carbocycles. The minimum atomic E-state index is -0.241. The molecule has 3 aromatic rings. The molecule has 6 heteroatoms. The third-order valence-corrected chi connectivity index (χ3v) is 5.94. The molecule has 0 radical (unpaired) electrons. The van der Waals surface area contributed by atoms with Crippen molar-refractivity contribution in [3.05, 3.63) is 76.6 Å². The molecular weight excluding hydrogens is 379 g/mol. The smallest absolute Gasteiger partial charge is 0.266 e. The monoisotopic (exact) mass is 396 g/mol. The van der Waals surface area contributed by atoms with Crippen molar-refractivity contribution >= 4 is 51.2 Å². The molecule has 0 atom stereocenters. The van der Waals surface area contributed by atoms with Gasteiger partial charge in [-0.05, 0) is 36.8 Å². The number of thioether (sulfide) groups is 1. The SMILES string of the molecule is CCN1C(=O)/C(=C\c2cn(Cc3ccc(F)cc3)c3ccccc23)SC1=S. The van der Waals surface area contributed by atoms with E-state index in [1.807, 2.05) is 43.5 Å². The van der Waals surface area contributed by atoms with E-state index in [2.05, 4.69) is 4.57 Å². The van der Waals surface area contributed by atoms with Crippen LogP contribution in [0.5, 0.6) is 0 Å². The number of thiocarbonyl (C=S) groups is 1. The van der Waals surface area contributed by atoms with Crippen LogP contribution >= 0.6 is 24.0 Å². The zero-order valence-electron chi connectivity index (χ0n) is 14.7. The number of aromatic nitrogens is 1. The molecule has 0 unspecified atom stereocenters. The molecular formula is C21H17FN2OS2. The number of amides is 1. The highest BCUT2D eigenvalue weighted by Gasteiger charge is 2.30. The Bertz CT molecular complexity index is 1070. The molecule has 0 spiro atoms. The maximum absolute atomic E-state index is 13.2. The molecule has 1 aliphatic heterocycles. The molecule has 3 nitrogen and oxygen atoms in total. The number of hydrogen-bond acceptors (Lipinski definition) is 3. The number of hydrogen-bond donors (Lipinski definition) is 0. The summed E-state index contributed by atoms with van der Waals surface area (Å²) < 4.78 is 15.9. The Morgan fingerprint density at radius 3 is 2.59 bits per heavy atom. The second kappa shape index (κ2) is 7.29. The number of fused-ring (bicyclic) bond motifs is 1. The molecule has 2 heterocycles. The van der Waals surface area contributed by atoms with E-state index in [0.29, 0.717) is 22.3 Å². The fourth-order valence-electron chi connectivity index (χ4n) is 3.22. The molecule has 2 aromatic carbocycles. The summed E-state index contributed by atoms with van der Waals surface area (Å²) in [6.45, 7) is 3.13. The number of nitrogens with zero attached hydrogens (tertiary/aromatic N) is 2. The number of rotatable bonds is 4. The topological polar surface area (TPSA) is 25.2 Å². The second-order valence-electron chi connectivity index (χ2n) is 6.28. The fraction of sp³-hybridized carbons (Fsp3) is 0.143. The van der Waals surface area contributed by atoms with Crippen molar-refractivity contribution in [2.75, 3.05) is 6.54 Å². The van der Waals surface area contributed by atoms with E-state index < -0.39 is 0 Å². The Labute approximate surface area is 166 Å². The van der Waals surface area contributed by atoms with Gasteiger partial charge < -0.3 is 4.57 Å². The van der Waals surface area contributed by atoms with Crippen molar-refractivity contribution in [1.29, 1.82) is 0 Å². The Hall–Kier alpha value is -2.44. The van der Waals surface area contributed by atoms with Crippen LogP contribution in [0.4, 0.5) is 4.39 Å². The van der Waals surface area contributed by atoms with Crippen molar-refractivity contribution in [2.24, 2.45) is 0 Å². The number of carbonyl (C=O) groups is 1. The molecule has 1 aliphatic rings. The van der Waals surface area contributed by atoms with Gasteiger partial charge in [0.05, 0.1) is 4.91 Å². The average Bonchev–Trinajstić information content (AvgIpc) is 3.14. The van der Waals surface area contributed by atoms with E-state index in [4.69, 9.17) is 12.2 Å². The molecule has 1 fully saturated rings. The summed E-state index contributed by atoms with van der Waals surface area (Å²) in [6, 6.07) is 14.6. The highest BCUT2D eigenvalue weighted by Crippen LogP contribution is 2.34. The van der Waals surface area contributed by atoms with Crippen LogP contribution in [0.3, 0.4) is 0 Å². The molecule has 1 saturated heterocycles. The minimum Gasteiger partial charge on any atom is -0.342 e. The number of halogens is 1. The lowest BCUT2D eigenvalue weighted by Crippen LogP contribution is -2.27. The minimum absolute atomic E-state index is 0.0390. The highest BCUT2D eigenvalue weighted by atomic mass is 32.2. The third-order valence-electron chi connectivity index (χ3n) is 4.56. The van der Waals surface area contributed by atoms with Gasteiger partial charge in [0.25, 0.3) is 5.91 Å². The molecule has 0 aliphatic carbocycles. The van der Waals surface area contributed by atoms with Gasteiger partial charge in [-0.2, -0.15) is 0 Å². The second-order valence-corrected chi connectivity index (χ2v) is 7.96. The molecule has 4 rings (SSSR count). The van der Waals surface area contributed by atoms with Crippen LogP contribution in [0.2, 0.25) is 0 Å². The van der Waals surface area contributed by atoms with Gasteiger partial charge in [0, 0.05) is 35.8 Å². The lowest BCUT2D eigenvalue weighted by atomic mass is 10.1. The normalized spacial score (nSPS) is 16.1. The largest absolute Gasteiger partial charge is 0.342 e. The van der Waals surface area contributed by atoms with Gasteiger partial charge in [0.15, 0.2) is 0 Å². The summed E-state index contributed by atoms with van der Waals surface area (Å²) in [5.74, 6) is -0.280. The summed E-state index contributed by atoms with van der Waals surface area (Å²) in [4.78, 5) is 14.8. The van der Waals surface area contributed by atoms with Crippen LogP contribution in [-0.2, 0) is 11.3 Å². The first-order valence-electron chi connectivity index (χ1n) is 8.64. The zero-order chi connectivity index (χ0) is 19.0. The summed E-state index contributed by atoms with van der Waals surface area (Å²) in [5.41, 5.74) is 3.06. The van der Waals surface area contributed by atoms with E-state index in [-0.39, 0.29) is 11.7 Å². The van der Waals surface area contributed by atoms with Gasteiger partial charge in [0.2, 0.25) is 0 Å². The van der Waals surface area contributed by atoms with Crippen LogP contribution in [0, 0.1) is 5.82 Å². The van der Waals surface area contributed by atoms with Crippen LogP contribution in [0.25, 0.3) is 17.0 Å². The number of benzene rings is 2. The maximum Gasteiger partial charge on any atom is 0.266 e. The standard InChI is InChI=1S/C21H17FN2OS2/c1-2-24-20(25)19(27-21(24)26)11-15-13-23(18-6-4-3-5-17(15)18)12-14-7-9-16(22)10-8-14/h3-11,13H,2,12H2,1H3/b19-11+. The maximum atomic E-state index is 13.2. The molecule has 1 aromatic heterocycles. The first-order chi connectivity index (χ1) is 13.1. The first-order valence-corrected chi connectivity index (χ1v) is 9.87. The lowest BCUT2D eigenvalue weighted by molar-refractivity contribution is -0.121. The quantitative estimate of drug-likeness (QED) is 0.456. The van der Waals surface area contributed by atoms with Gasteiger partial charge in [-0.1, -0.05) is 54.3 Å². The summed E-state index contributed by atoms with van der Waals surface area (Å²) >= 11 is 6.64. The van der Waals surface area contributed by atoms with Crippen molar-refractivity contribution in [3.63, 3.8) is 0 Å². The Balaban J connectivity index is 1.74. The molecule has 27 heavy (non-hydrogen) atoms. The Morgan fingerprint density at radius 1 is 1.15 bits per heavy atom. The Morgan fingerprint density at radius 2 is 1.89 bits per heavy atom. The highest BCUT2D eigenvalue weighted by molar-refractivity contribution is 8.26. The van der Waals surface area contributed by atoms with Gasteiger partial charge in [-0.15, -0.1) is 0 Å². The zero-order valence-corrected chi connectivity index (χ0v) is 16.3. The van der Waals surface area contributed by atoms with Crippen LogP contribution in [0.15, 0.2) is 59.6 Å². The predicted molar refractivity (Wildman–Crippen MR) is 113 cm³/mol. The Kier molecular flexibility index (Phi) is 4.85. The van der Waals surface area contributed by atoms with Gasteiger partial charge in [-0.3, -0.25) is 9.69 Å². The van der Waals surface area contributed by atoms with E-state index in [9.17, 15) is 9.18 Å². The van der Waals surface area contributed by atoms with Crippen LogP contribution < -0.4 is 0 Å². The lowest BCUT2D eigenvalue weighted by Gasteiger charge is -2.09. The number of carbonyl (C=O) groups excluding carboxylic acids is 1. The van der Waals surface area contributed by atoms with Crippen LogP contribution in [-0.4, -0.2) is 26.2 Å². The van der Waals surface area contributed by atoms with Gasteiger partial charge in [-0.25, -0.2) is 4.39 Å².